The van der Waals surface area contributed by atoms with E-state index in [1.807, 2.05) is 0 Å². The van der Waals surface area contributed by atoms with E-state index in [0.29, 0.717) is 18.2 Å². The van der Waals surface area contributed by atoms with E-state index < -0.39 is 19.7 Å². The summed E-state index contributed by atoms with van der Waals surface area (Å²) in [4.78, 5) is -0.0197. The second-order valence-corrected chi connectivity index (χ2v) is 9.53. The third-order valence-corrected chi connectivity index (χ3v) is 5.81. The fraction of sp³-hybridized carbons (Fsp3) is 0.538. The molecule has 1 aliphatic rings. The zero-order chi connectivity index (χ0) is 15.8. The summed E-state index contributed by atoms with van der Waals surface area (Å²) >= 11 is 0. The predicted molar refractivity (Wildman–Crippen MR) is 81.9 cm³/mol. The van der Waals surface area contributed by atoms with Crippen LogP contribution in [0.3, 0.4) is 0 Å². The largest absolute Gasteiger partial charge is 0.380 e. The maximum Gasteiger partial charge on any atom is 0.177 e. The van der Waals surface area contributed by atoms with Crippen molar-refractivity contribution in [3.05, 3.63) is 18.2 Å². The maximum absolute atomic E-state index is 11.9. The average Bonchev–Trinajstić information content (AvgIpc) is 3.17. The lowest BCUT2D eigenvalue weighted by Gasteiger charge is -2.20. The van der Waals surface area contributed by atoms with Crippen molar-refractivity contribution in [2.24, 2.45) is 11.7 Å². The Balaban J connectivity index is 2.45. The van der Waals surface area contributed by atoms with Gasteiger partial charge in [0.2, 0.25) is 0 Å². The molecular weight excluding hydrogens is 312 g/mol. The summed E-state index contributed by atoms with van der Waals surface area (Å²) in [6.45, 7) is 0.404. The number of benzene rings is 1. The molecule has 0 radical (unpaired) electrons. The normalized spacial score (nSPS) is 17.5. The molecule has 3 N–H and O–H groups in total. The molecule has 0 bridgehead atoms. The minimum Gasteiger partial charge on any atom is -0.380 e. The van der Waals surface area contributed by atoms with Gasteiger partial charge in [-0.2, -0.15) is 0 Å². The van der Waals surface area contributed by atoms with Crippen LogP contribution in [0.15, 0.2) is 28.0 Å². The summed E-state index contributed by atoms with van der Waals surface area (Å²) in [6.07, 6.45) is 4.26. The fourth-order valence-electron chi connectivity index (χ4n) is 2.23. The average molecular weight is 332 g/mol. The molecule has 1 unspecified atom stereocenters. The lowest BCUT2D eigenvalue weighted by atomic mass is 10.1. The van der Waals surface area contributed by atoms with Crippen molar-refractivity contribution in [1.82, 2.24) is 0 Å². The summed E-state index contributed by atoms with van der Waals surface area (Å²) in [7, 11) is -7.00. The molecule has 1 saturated carbocycles. The molecule has 0 heterocycles. The minimum atomic E-state index is -3.54. The van der Waals surface area contributed by atoms with Crippen molar-refractivity contribution >= 4 is 25.4 Å². The van der Waals surface area contributed by atoms with Gasteiger partial charge in [0.25, 0.3) is 0 Å². The lowest BCUT2D eigenvalue weighted by Crippen LogP contribution is -2.31. The van der Waals surface area contributed by atoms with Gasteiger partial charge < -0.3 is 11.1 Å². The van der Waals surface area contributed by atoms with E-state index in [4.69, 9.17) is 5.73 Å². The molecule has 0 amide bonds. The van der Waals surface area contributed by atoms with Gasteiger partial charge in [0.15, 0.2) is 19.7 Å². The van der Waals surface area contributed by atoms with Crippen molar-refractivity contribution in [2.75, 3.05) is 24.4 Å². The van der Waals surface area contributed by atoms with Gasteiger partial charge in [-0.25, -0.2) is 16.8 Å². The summed E-state index contributed by atoms with van der Waals surface area (Å²) in [5.41, 5.74) is 6.12. The van der Waals surface area contributed by atoms with Gasteiger partial charge in [0, 0.05) is 25.1 Å². The molecule has 2 rings (SSSR count). The number of nitrogens with two attached hydrogens (primary N) is 1. The van der Waals surface area contributed by atoms with Gasteiger partial charge in [0.1, 0.15) is 0 Å². The Morgan fingerprint density at radius 1 is 1.19 bits per heavy atom. The Morgan fingerprint density at radius 3 is 2.24 bits per heavy atom. The first-order valence-electron chi connectivity index (χ1n) is 6.63. The fourth-order valence-corrected chi connectivity index (χ4v) is 3.82. The Hall–Kier alpha value is -1.12. The topological polar surface area (TPSA) is 106 Å². The zero-order valence-electron chi connectivity index (χ0n) is 12.0. The third kappa shape index (κ3) is 3.96. The van der Waals surface area contributed by atoms with E-state index in [0.717, 1.165) is 25.4 Å². The highest BCUT2D eigenvalue weighted by molar-refractivity contribution is 7.91. The van der Waals surface area contributed by atoms with Gasteiger partial charge in [0.05, 0.1) is 15.5 Å². The van der Waals surface area contributed by atoms with Crippen LogP contribution in [0.1, 0.15) is 12.8 Å². The van der Waals surface area contributed by atoms with Crippen molar-refractivity contribution < 1.29 is 16.8 Å². The molecule has 1 aromatic rings. The van der Waals surface area contributed by atoms with Gasteiger partial charge in [-0.05, 0) is 37.0 Å². The van der Waals surface area contributed by atoms with Crippen LogP contribution in [-0.2, 0) is 19.7 Å². The summed E-state index contributed by atoms with van der Waals surface area (Å²) in [5.74, 6) is 0.456. The molecule has 0 aliphatic heterocycles. The van der Waals surface area contributed by atoms with E-state index in [-0.39, 0.29) is 15.8 Å². The van der Waals surface area contributed by atoms with Crippen LogP contribution in [0, 0.1) is 5.92 Å². The molecular formula is C13H20N2O4S2. The minimum absolute atomic E-state index is 0.00887. The lowest BCUT2D eigenvalue weighted by molar-refractivity contribution is 0.599. The summed E-state index contributed by atoms with van der Waals surface area (Å²) in [6, 6.07) is 4.12. The molecule has 1 aromatic carbocycles. The smallest absolute Gasteiger partial charge is 0.177 e. The van der Waals surface area contributed by atoms with Gasteiger partial charge in [-0.15, -0.1) is 0 Å². The zero-order valence-corrected chi connectivity index (χ0v) is 13.7. The van der Waals surface area contributed by atoms with Gasteiger partial charge in [-0.1, -0.05) is 0 Å². The maximum atomic E-state index is 11.9. The SMILES string of the molecule is CS(=O)(=O)c1ccc(NC(CN)C2CC2)c(S(C)(=O)=O)c1. The Labute approximate surface area is 125 Å². The quantitative estimate of drug-likeness (QED) is 0.792. The van der Waals surface area contributed by atoms with Crippen LogP contribution in [0.25, 0.3) is 0 Å². The number of anilines is 1. The van der Waals surface area contributed by atoms with Crippen LogP contribution >= 0.6 is 0 Å². The van der Waals surface area contributed by atoms with E-state index in [2.05, 4.69) is 5.32 Å². The highest BCUT2D eigenvalue weighted by atomic mass is 32.2. The molecule has 21 heavy (non-hydrogen) atoms. The Bertz CT molecular complexity index is 737. The monoisotopic (exact) mass is 332 g/mol. The first-order chi connectivity index (χ1) is 9.63. The van der Waals surface area contributed by atoms with Crippen molar-refractivity contribution in [1.29, 1.82) is 0 Å². The van der Waals surface area contributed by atoms with E-state index in [1.54, 1.807) is 0 Å². The number of hydrogen-bond donors (Lipinski definition) is 2. The molecule has 118 valence electrons. The molecule has 0 spiro atoms. The molecule has 0 aromatic heterocycles. The second-order valence-electron chi connectivity index (χ2n) is 5.53. The first-order valence-corrected chi connectivity index (χ1v) is 10.4. The highest BCUT2D eigenvalue weighted by Gasteiger charge is 2.31. The van der Waals surface area contributed by atoms with Crippen molar-refractivity contribution in [3.8, 4) is 0 Å². The first kappa shape index (κ1) is 16.3. The molecule has 1 aliphatic carbocycles. The molecule has 6 nitrogen and oxygen atoms in total. The molecule has 8 heteroatoms. The van der Waals surface area contributed by atoms with Gasteiger partial charge >= 0.3 is 0 Å². The van der Waals surface area contributed by atoms with Crippen LogP contribution in [0.5, 0.6) is 0 Å². The second kappa shape index (κ2) is 5.58. The standard InChI is InChI=1S/C13H20N2O4S2/c1-20(16,17)10-5-6-11(13(7-10)21(2,18)19)15-12(8-14)9-3-4-9/h5-7,9,12,15H,3-4,8,14H2,1-2H3. The van der Waals surface area contributed by atoms with E-state index in [9.17, 15) is 16.8 Å². The van der Waals surface area contributed by atoms with E-state index >= 15 is 0 Å². The number of sulfone groups is 2. The highest BCUT2D eigenvalue weighted by Crippen LogP contribution is 2.35. The predicted octanol–water partition coefficient (Wildman–Crippen LogP) is 0.643. The molecule has 0 saturated heterocycles. The Kier molecular flexibility index (Phi) is 4.32. The molecule has 1 atom stereocenters. The third-order valence-electron chi connectivity index (χ3n) is 3.57. The Morgan fingerprint density at radius 2 is 1.81 bits per heavy atom. The summed E-state index contributed by atoms with van der Waals surface area (Å²) in [5, 5.41) is 3.15. The van der Waals surface area contributed by atoms with Crippen molar-refractivity contribution in [3.63, 3.8) is 0 Å². The number of nitrogens with one attached hydrogen (secondary N) is 1. The number of hydrogen-bond acceptors (Lipinski definition) is 6. The van der Waals surface area contributed by atoms with Gasteiger partial charge in [-0.3, -0.25) is 0 Å². The van der Waals surface area contributed by atoms with Crippen molar-refractivity contribution in [2.45, 2.75) is 28.7 Å². The van der Waals surface area contributed by atoms with E-state index in [1.165, 1.54) is 18.2 Å². The van der Waals surface area contributed by atoms with Crippen LogP contribution in [-0.4, -0.2) is 41.9 Å². The van der Waals surface area contributed by atoms with Crippen LogP contribution in [0.4, 0.5) is 5.69 Å². The van der Waals surface area contributed by atoms with Crippen LogP contribution < -0.4 is 11.1 Å². The summed E-state index contributed by atoms with van der Waals surface area (Å²) < 4.78 is 47.0. The molecule has 1 fully saturated rings. The van der Waals surface area contributed by atoms with Crippen LogP contribution in [0.2, 0.25) is 0 Å². The number of rotatable bonds is 6.